The van der Waals surface area contributed by atoms with Gasteiger partial charge in [0.15, 0.2) is 0 Å². The van der Waals surface area contributed by atoms with Crippen molar-refractivity contribution in [2.75, 3.05) is 25.5 Å². The molecule has 1 aromatic heterocycles. The topological polar surface area (TPSA) is 45.2 Å². The molecule has 1 aliphatic carbocycles. The van der Waals surface area contributed by atoms with E-state index in [1.54, 1.807) is 0 Å². The van der Waals surface area contributed by atoms with Gasteiger partial charge in [0.05, 0.1) is 0 Å². The van der Waals surface area contributed by atoms with Crippen molar-refractivity contribution >= 4 is 11.7 Å². The van der Waals surface area contributed by atoms with E-state index in [-0.39, 0.29) is 5.91 Å². The first kappa shape index (κ1) is 14.8. The molecule has 1 saturated carbocycles. The van der Waals surface area contributed by atoms with E-state index in [1.165, 1.54) is 19.3 Å². The van der Waals surface area contributed by atoms with Crippen LogP contribution in [-0.2, 0) is 0 Å². The fraction of sp³-hybridized carbons (Fsp3) is 0.625. The van der Waals surface area contributed by atoms with Gasteiger partial charge in [-0.1, -0.05) is 13.3 Å². The minimum Gasteiger partial charge on any atom is -0.370 e. The van der Waals surface area contributed by atoms with Crippen LogP contribution in [0.4, 0.5) is 5.82 Å². The molecular weight excluding hydrogens is 250 g/mol. The molecule has 1 aliphatic rings. The van der Waals surface area contributed by atoms with Crippen LogP contribution in [-0.4, -0.2) is 35.9 Å². The highest BCUT2D eigenvalue weighted by molar-refractivity contribution is 5.94. The number of amides is 1. The molecule has 1 fully saturated rings. The van der Waals surface area contributed by atoms with E-state index in [1.807, 2.05) is 31.0 Å². The van der Waals surface area contributed by atoms with E-state index in [4.69, 9.17) is 0 Å². The molecule has 2 rings (SSSR count). The summed E-state index contributed by atoms with van der Waals surface area (Å²) in [5.74, 6) is 1.60. The van der Waals surface area contributed by atoms with Crippen LogP contribution in [0.25, 0.3) is 0 Å². The first-order valence-electron chi connectivity index (χ1n) is 7.58. The van der Waals surface area contributed by atoms with Crippen molar-refractivity contribution in [1.29, 1.82) is 0 Å². The van der Waals surface area contributed by atoms with Gasteiger partial charge < -0.3 is 10.2 Å². The molecule has 0 radical (unpaired) electrons. The molecule has 1 aromatic rings. The van der Waals surface area contributed by atoms with E-state index in [2.05, 4.69) is 17.2 Å². The lowest BCUT2D eigenvalue weighted by molar-refractivity contribution is 0.0745. The number of rotatable bonds is 6. The molecule has 0 saturated heterocycles. The Hall–Kier alpha value is -1.58. The van der Waals surface area contributed by atoms with Gasteiger partial charge in [0.2, 0.25) is 0 Å². The number of carbonyl (C=O) groups excluding carboxylic acids is 1. The van der Waals surface area contributed by atoms with Crippen LogP contribution in [0.3, 0.4) is 0 Å². The normalized spacial score (nSPS) is 14.8. The summed E-state index contributed by atoms with van der Waals surface area (Å²) in [6, 6.07) is 3.74. The van der Waals surface area contributed by atoms with Crippen LogP contribution in [0, 0.1) is 12.8 Å². The van der Waals surface area contributed by atoms with E-state index in [0.717, 1.165) is 36.6 Å². The lowest BCUT2D eigenvalue weighted by Crippen LogP contribution is -2.34. The summed E-state index contributed by atoms with van der Waals surface area (Å²) < 4.78 is 0. The summed E-state index contributed by atoms with van der Waals surface area (Å²) in [5.41, 5.74) is 1.62. The summed E-state index contributed by atoms with van der Waals surface area (Å²) in [6.07, 6.45) is 4.87. The SMILES string of the molecule is CCCNc1cc(C(=O)N(C)CC2CCC2)cc(C)n1. The molecule has 0 unspecified atom stereocenters. The maximum atomic E-state index is 12.5. The zero-order valence-corrected chi connectivity index (χ0v) is 12.8. The Morgan fingerprint density at radius 2 is 2.20 bits per heavy atom. The van der Waals surface area contributed by atoms with Gasteiger partial charge in [0.25, 0.3) is 5.91 Å². The molecule has 0 aromatic carbocycles. The molecule has 0 spiro atoms. The van der Waals surface area contributed by atoms with Crippen molar-refractivity contribution in [1.82, 2.24) is 9.88 Å². The van der Waals surface area contributed by atoms with Crippen molar-refractivity contribution in [2.45, 2.75) is 39.5 Å². The summed E-state index contributed by atoms with van der Waals surface area (Å²) in [6.45, 7) is 5.79. The maximum Gasteiger partial charge on any atom is 0.253 e. The summed E-state index contributed by atoms with van der Waals surface area (Å²) >= 11 is 0. The number of carbonyl (C=O) groups is 1. The first-order valence-corrected chi connectivity index (χ1v) is 7.58. The van der Waals surface area contributed by atoms with Crippen molar-refractivity contribution in [2.24, 2.45) is 5.92 Å². The smallest absolute Gasteiger partial charge is 0.253 e. The Kier molecular flexibility index (Phi) is 4.99. The number of nitrogens with zero attached hydrogens (tertiary/aromatic N) is 2. The van der Waals surface area contributed by atoms with Gasteiger partial charge >= 0.3 is 0 Å². The van der Waals surface area contributed by atoms with Gasteiger partial charge in [-0.3, -0.25) is 4.79 Å². The number of aromatic nitrogens is 1. The predicted molar refractivity (Wildman–Crippen MR) is 82.1 cm³/mol. The minimum atomic E-state index is 0.0990. The second-order valence-corrected chi connectivity index (χ2v) is 5.79. The lowest BCUT2D eigenvalue weighted by Gasteiger charge is -2.30. The largest absolute Gasteiger partial charge is 0.370 e. The van der Waals surface area contributed by atoms with E-state index >= 15 is 0 Å². The van der Waals surface area contributed by atoms with Gasteiger partial charge in [-0.15, -0.1) is 0 Å². The minimum absolute atomic E-state index is 0.0990. The average molecular weight is 275 g/mol. The van der Waals surface area contributed by atoms with E-state index < -0.39 is 0 Å². The van der Waals surface area contributed by atoms with Gasteiger partial charge in [-0.2, -0.15) is 0 Å². The zero-order valence-electron chi connectivity index (χ0n) is 12.8. The molecule has 1 heterocycles. The zero-order chi connectivity index (χ0) is 14.5. The quantitative estimate of drug-likeness (QED) is 0.867. The van der Waals surface area contributed by atoms with E-state index in [0.29, 0.717) is 5.92 Å². The van der Waals surface area contributed by atoms with Gasteiger partial charge in [-0.05, 0) is 44.2 Å². The first-order chi connectivity index (χ1) is 9.60. The lowest BCUT2D eigenvalue weighted by atomic mass is 9.85. The maximum absolute atomic E-state index is 12.5. The average Bonchev–Trinajstić information content (AvgIpc) is 2.38. The summed E-state index contributed by atoms with van der Waals surface area (Å²) in [5, 5.41) is 3.25. The third kappa shape index (κ3) is 3.71. The predicted octanol–water partition coefficient (Wildman–Crippen LogP) is 3.08. The van der Waals surface area contributed by atoms with Gasteiger partial charge in [0.1, 0.15) is 5.82 Å². The van der Waals surface area contributed by atoms with Crippen molar-refractivity contribution in [3.05, 3.63) is 23.4 Å². The number of nitrogens with one attached hydrogen (secondary N) is 1. The van der Waals surface area contributed by atoms with Gasteiger partial charge in [-0.25, -0.2) is 4.98 Å². The van der Waals surface area contributed by atoms with Crippen LogP contribution in [0.1, 0.15) is 48.7 Å². The Balaban J connectivity index is 2.05. The number of anilines is 1. The van der Waals surface area contributed by atoms with Crippen molar-refractivity contribution in [3.63, 3.8) is 0 Å². The Bertz CT molecular complexity index is 469. The summed E-state index contributed by atoms with van der Waals surface area (Å²) in [7, 11) is 1.90. The van der Waals surface area contributed by atoms with Crippen molar-refractivity contribution in [3.8, 4) is 0 Å². The van der Waals surface area contributed by atoms with Crippen LogP contribution in [0.5, 0.6) is 0 Å². The van der Waals surface area contributed by atoms with Crippen molar-refractivity contribution < 1.29 is 4.79 Å². The van der Waals surface area contributed by atoms with Crippen LogP contribution in [0.15, 0.2) is 12.1 Å². The Labute approximate surface area is 121 Å². The highest BCUT2D eigenvalue weighted by Gasteiger charge is 2.22. The second kappa shape index (κ2) is 6.73. The van der Waals surface area contributed by atoms with Crippen LogP contribution in [0.2, 0.25) is 0 Å². The third-order valence-electron chi connectivity index (χ3n) is 3.86. The van der Waals surface area contributed by atoms with Crippen LogP contribution < -0.4 is 5.32 Å². The number of pyridine rings is 1. The van der Waals surface area contributed by atoms with E-state index in [9.17, 15) is 4.79 Å². The molecule has 4 heteroatoms. The highest BCUT2D eigenvalue weighted by Crippen LogP contribution is 2.27. The van der Waals surface area contributed by atoms with Crippen LogP contribution >= 0.6 is 0 Å². The summed E-state index contributed by atoms with van der Waals surface area (Å²) in [4.78, 5) is 18.7. The molecule has 0 bridgehead atoms. The third-order valence-corrected chi connectivity index (χ3v) is 3.86. The number of hydrogen-bond acceptors (Lipinski definition) is 3. The molecule has 0 aliphatic heterocycles. The molecule has 0 atom stereocenters. The Morgan fingerprint density at radius 3 is 2.80 bits per heavy atom. The highest BCUT2D eigenvalue weighted by atomic mass is 16.2. The fourth-order valence-electron chi connectivity index (χ4n) is 2.50. The molecule has 110 valence electrons. The Morgan fingerprint density at radius 1 is 1.45 bits per heavy atom. The monoisotopic (exact) mass is 275 g/mol. The molecule has 1 N–H and O–H groups in total. The standard InChI is InChI=1S/C16H25N3O/c1-4-8-17-15-10-14(9-12(2)18-15)16(20)19(3)11-13-6-5-7-13/h9-10,13H,4-8,11H2,1-3H3,(H,17,18). The number of aryl methyl sites for hydroxylation is 1. The number of hydrogen-bond donors (Lipinski definition) is 1. The molecular formula is C16H25N3O. The molecule has 1 amide bonds. The second-order valence-electron chi connectivity index (χ2n) is 5.79. The molecule has 4 nitrogen and oxygen atoms in total. The van der Waals surface area contributed by atoms with Gasteiger partial charge in [0, 0.05) is 31.4 Å². The molecule has 20 heavy (non-hydrogen) atoms. The fourth-order valence-corrected chi connectivity index (χ4v) is 2.50.